The van der Waals surface area contributed by atoms with E-state index < -0.39 is 23.7 Å². The van der Waals surface area contributed by atoms with E-state index in [-0.39, 0.29) is 4.91 Å². The molecule has 0 unspecified atom stereocenters. The summed E-state index contributed by atoms with van der Waals surface area (Å²) >= 11 is 0.691. The fourth-order valence-electron chi connectivity index (χ4n) is 2.34. The third-order valence-electron chi connectivity index (χ3n) is 3.65. The average molecular weight is 378 g/mol. The molecule has 0 radical (unpaired) electrons. The van der Waals surface area contributed by atoms with Gasteiger partial charge in [0.25, 0.3) is 11.1 Å². The highest BCUT2D eigenvalue weighted by molar-refractivity contribution is 8.18. The molecule has 1 aromatic carbocycles. The van der Waals surface area contributed by atoms with Gasteiger partial charge < -0.3 is 19.4 Å². The number of hydrogen-bond acceptors (Lipinski definition) is 7. The maximum Gasteiger partial charge on any atom is 0.293 e. The molecule has 0 saturated carbocycles. The number of unbranched alkanes of at least 4 members (excludes halogenated alkanes) is 2. The Kier molecular flexibility index (Phi) is 7.08. The lowest BCUT2D eigenvalue weighted by Crippen LogP contribution is -2.40. The van der Waals surface area contributed by atoms with Crippen molar-refractivity contribution in [2.24, 2.45) is 0 Å². The van der Waals surface area contributed by atoms with Crippen molar-refractivity contribution in [3.63, 3.8) is 0 Å². The predicted molar refractivity (Wildman–Crippen MR) is 95.7 cm³/mol. The van der Waals surface area contributed by atoms with Crippen LogP contribution in [0.4, 0.5) is 4.79 Å². The molecule has 8 heteroatoms. The lowest BCUT2D eigenvalue weighted by atomic mass is 10.2. The molecular weight excluding hydrogens is 358 g/mol. The van der Waals surface area contributed by atoms with Crippen molar-refractivity contribution in [3.8, 4) is 11.5 Å². The van der Waals surface area contributed by atoms with Gasteiger partial charge >= 0.3 is 0 Å². The van der Waals surface area contributed by atoms with E-state index >= 15 is 0 Å². The van der Waals surface area contributed by atoms with Gasteiger partial charge in [-0.2, -0.15) is 0 Å². The number of carboxylic acids is 1. The maximum atomic E-state index is 12.1. The summed E-state index contributed by atoms with van der Waals surface area (Å²) in [5.74, 6) is -1.02. The van der Waals surface area contributed by atoms with E-state index in [1.54, 1.807) is 18.2 Å². The van der Waals surface area contributed by atoms with Gasteiger partial charge in [-0.1, -0.05) is 25.8 Å². The molecule has 0 N–H and O–H groups in total. The Balaban J connectivity index is 2.14. The molecule has 0 spiro atoms. The zero-order chi connectivity index (χ0) is 19.1. The number of hydrogen-bond donors (Lipinski definition) is 0. The second kappa shape index (κ2) is 9.28. The van der Waals surface area contributed by atoms with Gasteiger partial charge in [0.1, 0.15) is 0 Å². The van der Waals surface area contributed by atoms with Crippen molar-refractivity contribution in [3.05, 3.63) is 28.7 Å². The predicted octanol–water partition coefficient (Wildman–Crippen LogP) is 2.05. The molecule has 1 aliphatic heterocycles. The van der Waals surface area contributed by atoms with E-state index in [4.69, 9.17) is 9.47 Å². The van der Waals surface area contributed by atoms with Crippen molar-refractivity contribution in [2.75, 3.05) is 20.3 Å². The summed E-state index contributed by atoms with van der Waals surface area (Å²) in [6, 6.07) is 5.17. The van der Waals surface area contributed by atoms with Crippen molar-refractivity contribution >= 4 is 35.0 Å². The molecule has 0 atom stereocenters. The molecule has 26 heavy (non-hydrogen) atoms. The molecule has 0 aromatic heterocycles. The Morgan fingerprint density at radius 1 is 1.27 bits per heavy atom. The lowest BCUT2D eigenvalue weighted by Gasteiger charge is -2.12. The van der Waals surface area contributed by atoms with Crippen LogP contribution < -0.4 is 14.6 Å². The Bertz CT molecular complexity index is 730. The Labute approximate surface area is 156 Å². The van der Waals surface area contributed by atoms with Crippen LogP contribution in [0.1, 0.15) is 31.7 Å². The standard InChI is InChI=1S/C18H21NO6S/c1-3-4-5-8-25-13-7-6-12(9-14(13)24-2)10-15-17(22)19(11-16(20)21)18(23)26-15/h6-7,9-10H,3-5,8,11H2,1-2H3,(H,20,21)/p-1/b15-10-. The number of benzene rings is 1. The number of carbonyl (C=O) groups is 3. The summed E-state index contributed by atoms with van der Waals surface area (Å²) in [6.07, 6.45) is 4.66. The third kappa shape index (κ3) is 5.01. The number of nitrogens with zero attached hydrogens (tertiary/aromatic N) is 1. The molecule has 1 aromatic rings. The monoisotopic (exact) mass is 378 g/mol. The second-order valence-corrected chi connectivity index (χ2v) is 6.60. The Hall–Kier alpha value is -2.48. The van der Waals surface area contributed by atoms with Crippen LogP contribution in [0.3, 0.4) is 0 Å². The quantitative estimate of drug-likeness (QED) is 0.479. The topological polar surface area (TPSA) is 96.0 Å². The van der Waals surface area contributed by atoms with E-state index in [1.165, 1.54) is 13.2 Å². The summed E-state index contributed by atoms with van der Waals surface area (Å²) in [6.45, 7) is 1.95. The molecule has 1 fully saturated rings. The number of amides is 2. The second-order valence-electron chi connectivity index (χ2n) is 5.61. The SMILES string of the molecule is CCCCCOc1ccc(/C=C2\SC(=O)N(CC(=O)[O-])C2=O)cc1OC. The minimum atomic E-state index is -1.49. The summed E-state index contributed by atoms with van der Waals surface area (Å²) in [4.78, 5) is 35.3. The van der Waals surface area contributed by atoms with Crippen LogP contribution >= 0.6 is 11.8 Å². The van der Waals surface area contributed by atoms with Gasteiger partial charge in [0, 0.05) is 0 Å². The van der Waals surface area contributed by atoms with Crippen LogP contribution in [-0.2, 0) is 9.59 Å². The molecular formula is C18H20NO6S-. The Morgan fingerprint density at radius 3 is 2.69 bits per heavy atom. The zero-order valence-electron chi connectivity index (χ0n) is 14.6. The molecule has 7 nitrogen and oxygen atoms in total. The minimum absolute atomic E-state index is 0.148. The van der Waals surface area contributed by atoms with E-state index in [2.05, 4.69) is 6.92 Å². The Morgan fingerprint density at radius 2 is 2.04 bits per heavy atom. The van der Waals surface area contributed by atoms with E-state index in [0.29, 0.717) is 40.3 Å². The first-order valence-corrected chi connectivity index (χ1v) is 9.04. The fourth-order valence-corrected chi connectivity index (χ4v) is 3.18. The van der Waals surface area contributed by atoms with Crippen molar-refractivity contribution in [2.45, 2.75) is 26.2 Å². The average Bonchev–Trinajstić information content (AvgIpc) is 2.86. The number of aliphatic carboxylic acids is 1. The number of rotatable bonds is 9. The lowest BCUT2D eigenvalue weighted by molar-refractivity contribution is -0.305. The van der Waals surface area contributed by atoms with Gasteiger partial charge in [0.05, 0.1) is 31.1 Å². The zero-order valence-corrected chi connectivity index (χ0v) is 15.5. The van der Waals surface area contributed by atoms with Gasteiger partial charge in [-0.15, -0.1) is 0 Å². The third-order valence-corrected chi connectivity index (χ3v) is 4.56. The van der Waals surface area contributed by atoms with Crippen LogP contribution in [0, 0.1) is 0 Å². The molecule has 1 aliphatic rings. The summed E-state index contributed by atoms with van der Waals surface area (Å²) in [5.41, 5.74) is 0.640. The van der Waals surface area contributed by atoms with Gasteiger partial charge in [-0.25, -0.2) is 0 Å². The molecule has 0 bridgehead atoms. The summed E-state index contributed by atoms with van der Waals surface area (Å²) in [5, 5.41) is 10.0. The smallest absolute Gasteiger partial charge is 0.293 e. The highest BCUT2D eigenvalue weighted by Crippen LogP contribution is 2.34. The number of thioether (sulfide) groups is 1. The minimum Gasteiger partial charge on any atom is -0.548 e. The summed E-state index contributed by atoms with van der Waals surface area (Å²) < 4.78 is 11.0. The highest BCUT2D eigenvalue weighted by Gasteiger charge is 2.34. The first-order chi connectivity index (χ1) is 12.5. The van der Waals surface area contributed by atoms with Crippen molar-refractivity contribution in [1.82, 2.24) is 4.90 Å². The molecule has 140 valence electrons. The largest absolute Gasteiger partial charge is 0.548 e. The number of carbonyl (C=O) groups excluding carboxylic acids is 3. The van der Waals surface area contributed by atoms with Gasteiger partial charge in [0.15, 0.2) is 11.5 Å². The van der Waals surface area contributed by atoms with E-state index in [1.807, 2.05) is 0 Å². The van der Waals surface area contributed by atoms with E-state index in [0.717, 1.165) is 19.3 Å². The first kappa shape index (κ1) is 19.8. The normalized spacial score (nSPS) is 15.6. The molecule has 0 aliphatic carbocycles. The molecule has 2 amide bonds. The molecule has 2 rings (SSSR count). The van der Waals surface area contributed by atoms with Gasteiger partial charge in [-0.05, 0) is 42.0 Å². The van der Waals surface area contributed by atoms with Gasteiger partial charge in [0.2, 0.25) is 0 Å². The summed E-state index contributed by atoms with van der Waals surface area (Å²) in [7, 11) is 1.52. The number of carboxylic acid groups (broad SMARTS) is 1. The highest BCUT2D eigenvalue weighted by atomic mass is 32.2. The van der Waals surface area contributed by atoms with Crippen LogP contribution in [-0.4, -0.2) is 42.3 Å². The van der Waals surface area contributed by atoms with Gasteiger partial charge in [-0.3, -0.25) is 14.5 Å². The maximum absolute atomic E-state index is 12.1. The fraction of sp³-hybridized carbons (Fsp3) is 0.389. The molecule has 1 heterocycles. The van der Waals surface area contributed by atoms with Crippen LogP contribution in [0.15, 0.2) is 23.1 Å². The first-order valence-electron chi connectivity index (χ1n) is 8.22. The van der Waals surface area contributed by atoms with Crippen LogP contribution in [0.5, 0.6) is 11.5 Å². The molecule has 1 saturated heterocycles. The van der Waals surface area contributed by atoms with Crippen molar-refractivity contribution < 1.29 is 29.0 Å². The number of methoxy groups -OCH3 is 1. The van der Waals surface area contributed by atoms with Crippen LogP contribution in [0.2, 0.25) is 0 Å². The number of imide groups is 1. The van der Waals surface area contributed by atoms with Crippen molar-refractivity contribution in [1.29, 1.82) is 0 Å². The van der Waals surface area contributed by atoms with E-state index in [9.17, 15) is 19.5 Å². The van der Waals surface area contributed by atoms with Crippen LogP contribution in [0.25, 0.3) is 6.08 Å². The number of ether oxygens (including phenoxy) is 2.